The quantitative estimate of drug-likeness (QED) is 0.822. The molecule has 2 heterocycles. The number of aromatic nitrogens is 2. The predicted octanol–water partition coefficient (Wildman–Crippen LogP) is 3.91. The van der Waals surface area contributed by atoms with E-state index in [9.17, 15) is 18.0 Å². The molecule has 1 aliphatic carbocycles. The number of halogens is 3. The smallest absolute Gasteiger partial charge is 0.381 e. The van der Waals surface area contributed by atoms with E-state index in [0.29, 0.717) is 13.2 Å². The first-order chi connectivity index (χ1) is 12.9. The lowest BCUT2D eigenvalue weighted by Crippen LogP contribution is -2.35. The predicted molar refractivity (Wildman–Crippen MR) is 93.4 cm³/mol. The van der Waals surface area contributed by atoms with Gasteiger partial charge < -0.3 is 10.1 Å². The van der Waals surface area contributed by atoms with Gasteiger partial charge in [0.05, 0.1) is 5.56 Å². The van der Waals surface area contributed by atoms with Crippen molar-refractivity contribution in [3.63, 3.8) is 0 Å². The second-order valence-corrected chi connectivity index (χ2v) is 7.55. The Morgan fingerprint density at radius 2 is 2.00 bits per heavy atom. The molecule has 6 nitrogen and oxygen atoms in total. The molecular weight excluding hydrogens is 381 g/mol. The van der Waals surface area contributed by atoms with Crippen LogP contribution < -0.4 is 10.6 Å². The summed E-state index contributed by atoms with van der Waals surface area (Å²) in [6.07, 6.45) is -1.73. The number of alkyl halides is 3. The van der Waals surface area contributed by atoms with Crippen molar-refractivity contribution in [3.05, 3.63) is 29.8 Å². The third-order valence-electron chi connectivity index (χ3n) is 5.10. The molecule has 1 saturated heterocycles. The van der Waals surface area contributed by atoms with Crippen LogP contribution in [-0.2, 0) is 10.9 Å². The van der Waals surface area contributed by atoms with Crippen molar-refractivity contribution in [3.8, 4) is 11.4 Å². The number of carbonyl (C=O) groups excluding carboxylic acids is 1. The fraction of sp³-hybridized carbons (Fsp3) is 0.471. The van der Waals surface area contributed by atoms with Gasteiger partial charge in [0.25, 0.3) is 0 Å². The van der Waals surface area contributed by atoms with Crippen molar-refractivity contribution in [1.82, 2.24) is 14.7 Å². The largest absolute Gasteiger partial charge is 0.417 e. The number of hydrogen-bond donors (Lipinski definition) is 2. The first kappa shape index (κ1) is 18.2. The Morgan fingerprint density at radius 1 is 1.26 bits per heavy atom. The third-order valence-corrected chi connectivity index (χ3v) is 5.73. The number of nitrogens with zero attached hydrogens (tertiary/aromatic N) is 2. The van der Waals surface area contributed by atoms with Gasteiger partial charge in [0, 0.05) is 36.4 Å². The van der Waals surface area contributed by atoms with Crippen molar-refractivity contribution in [2.45, 2.75) is 31.5 Å². The second-order valence-electron chi connectivity index (χ2n) is 6.80. The summed E-state index contributed by atoms with van der Waals surface area (Å²) in [7, 11) is 0. The lowest BCUT2D eigenvalue weighted by molar-refractivity contribution is -0.137. The Labute approximate surface area is 157 Å². The highest BCUT2D eigenvalue weighted by Gasteiger charge is 2.55. The maximum absolute atomic E-state index is 13.1. The summed E-state index contributed by atoms with van der Waals surface area (Å²) in [5.74, 6) is -0.0597. The molecule has 0 bridgehead atoms. The minimum atomic E-state index is -4.50. The van der Waals surface area contributed by atoms with Gasteiger partial charge in [-0.1, -0.05) is 18.2 Å². The van der Waals surface area contributed by atoms with Gasteiger partial charge in [-0.2, -0.15) is 22.5 Å². The maximum Gasteiger partial charge on any atom is 0.417 e. The number of urea groups is 1. The highest BCUT2D eigenvalue weighted by molar-refractivity contribution is 7.10. The molecule has 2 aromatic rings. The molecule has 2 aliphatic rings. The van der Waals surface area contributed by atoms with Crippen LogP contribution in [0.25, 0.3) is 11.4 Å². The molecule has 1 saturated carbocycles. The van der Waals surface area contributed by atoms with Crippen molar-refractivity contribution in [2.24, 2.45) is 5.41 Å². The number of amides is 2. The van der Waals surface area contributed by atoms with E-state index in [1.807, 2.05) is 0 Å². The average molecular weight is 398 g/mol. The molecule has 1 aliphatic heterocycles. The lowest BCUT2D eigenvalue weighted by atomic mass is 9.96. The third kappa shape index (κ3) is 3.77. The molecular formula is C17H17F3N4O2S. The summed E-state index contributed by atoms with van der Waals surface area (Å²) in [5.41, 5.74) is -0.788. The molecule has 0 radical (unpaired) electrons. The Hall–Kier alpha value is -2.20. The topological polar surface area (TPSA) is 76.1 Å². The van der Waals surface area contributed by atoms with E-state index in [1.165, 1.54) is 18.2 Å². The monoisotopic (exact) mass is 398 g/mol. The highest BCUT2D eigenvalue weighted by atomic mass is 32.1. The summed E-state index contributed by atoms with van der Waals surface area (Å²) >= 11 is 0.846. The Balaban J connectivity index is 1.41. The molecule has 1 spiro atoms. The van der Waals surface area contributed by atoms with Crippen molar-refractivity contribution in [1.29, 1.82) is 0 Å². The normalized spacial score (nSPS) is 21.1. The zero-order chi connectivity index (χ0) is 19.1. The molecule has 2 fully saturated rings. The summed E-state index contributed by atoms with van der Waals surface area (Å²) in [6, 6.07) is 4.78. The maximum atomic E-state index is 13.1. The van der Waals surface area contributed by atoms with Gasteiger partial charge in [0.15, 0.2) is 5.82 Å². The van der Waals surface area contributed by atoms with Crippen LogP contribution in [0.15, 0.2) is 24.3 Å². The summed E-state index contributed by atoms with van der Waals surface area (Å²) in [5, 5.41) is 5.62. The molecule has 2 amide bonds. The van der Waals surface area contributed by atoms with Crippen LogP contribution in [0.2, 0.25) is 0 Å². The Morgan fingerprint density at radius 3 is 2.74 bits per heavy atom. The van der Waals surface area contributed by atoms with Gasteiger partial charge in [-0.05, 0) is 30.7 Å². The van der Waals surface area contributed by atoms with Gasteiger partial charge in [-0.15, -0.1) is 0 Å². The van der Waals surface area contributed by atoms with Crippen LogP contribution in [-0.4, -0.2) is 34.6 Å². The minimum absolute atomic E-state index is 0.0597. The number of ether oxygens (including phenoxy) is 1. The molecule has 1 unspecified atom stereocenters. The number of carbonyl (C=O) groups is 1. The Bertz CT molecular complexity index is 849. The molecule has 1 aromatic carbocycles. The van der Waals surface area contributed by atoms with Gasteiger partial charge in [0.1, 0.15) is 0 Å². The van der Waals surface area contributed by atoms with Crippen LogP contribution in [0.1, 0.15) is 24.8 Å². The van der Waals surface area contributed by atoms with Gasteiger partial charge in [0.2, 0.25) is 5.13 Å². The standard InChI is InChI=1S/C17H17F3N4O2S/c18-17(19,20)11-4-2-1-3-10(11)13-22-15(27-24-13)23-14(25)21-12-9-16(12)5-7-26-8-6-16/h1-4,12H,5-9H2,(H2,21,22,23,24,25). The van der Waals surface area contributed by atoms with E-state index in [4.69, 9.17) is 4.74 Å². The van der Waals surface area contributed by atoms with Crippen LogP contribution >= 0.6 is 11.5 Å². The summed E-state index contributed by atoms with van der Waals surface area (Å²) in [4.78, 5) is 16.2. The van der Waals surface area contributed by atoms with Crippen LogP contribution in [0.5, 0.6) is 0 Å². The molecule has 10 heteroatoms. The fourth-order valence-corrected chi connectivity index (χ4v) is 4.06. The van der Waals surface area contributed by atoms with Crippen molar-refractivity contribution >= 4 is 22.7 Å². The molecule has 2 N–H and O–H groups in total. The average Bonchev–Trinajstić information content (AvgIpc) is 3.05. The zero-order valence-electron chi connectivity index (χ0n) is 14.2. The number of rotatable bonds is 3. The number of nitrogens with one attached hydrogen (secondary N) is 2. The first-order valence-electron chi connectivity index (χ1n) is 8.53. The van der Waals surface area contributed by atoms with Gasteiger partial charge in [-0.3, -0.25) is 5.32 Å². The van der Waals surface area contributed by atoms with Crippen molar-refractivity contribution < 1.29 is 22.7 Å². The molecule has 144 valence electrons. The van der Waals surface area contributed by atoms with E-state index in [0.717, 1.165) is 36.9 Å². The van der Waals surface area contributed by atoms with Crippen LogP contribution in [0.4, 0.5) is 23.1 Å². The van der Waals surface area contributed by atoms with Crippen molar-refractivity contribution in [2.75, 3.05) is 18.5 Å². The van der Waals surface area contributed by atoms with Crippen LogP contribution in [0, 0.1) is 5.41 Å². The summed E-state index contributed by atoms with van der Waals surface area (Å²) in [6.45, 7) is 1.41. The first-order valence-corrected chi connectivity index (χ1v) is 9.30. The second kappa shape index (κ2) is 6.75. The van der Waals surface area contributed by atoms with Gasteiger partial charge in [-0.25, -0.2) is 4.79 Å². The van der Waals surface area contributed by atoms with E-state index < -0.39 is 17.8 Å². The van der Waals surface area contributed by atoms with E-state index >= 15 is 0 Å². The molecule has 1 aromatic heterocycles. The molecule has 4 rings (SSSR count). The number of benzene rings is 1. The molecule has 27 heavy (non-hydrogen) atoms. The van der Waals surface area contributed by atoms with E-state index in [2.05, 4.69) is 20.0 Å². The number of anilines is 1. The van der Waals surface area contributed by atoms with E-state index in [-0.39, 0.29) is 28.0 Å². The lowest BCUT2D eigenvalue weighted by Gasteiger charge is -2.22. The van der Waals surface area contributed by atoms with Crippen LogP contribution in [0.3, 0.4) is 0 Å². The van der Waals surface area contributed by atoms with Gasteiger partial charge >= 0.3 is 12.2 Å². The number of hydrogen-bond acceptors (Lipinski definition) is 5. The van der Waals surface area contributed by atoms with E-state index in [1.54, 1.807) is 0 Å². The highest BCUT2D eigenvalue weighted by Crippen LogP contribution is 2.53. The summed E-state index contributed by atoms with van der Waals surface area (Å²) < 4.78 is 48.7. The minimum Gasteiger partial charge on any atom is -0.381 e. The zero-order valence-corrected chi connectivity index (χ0v) is 15.0. The Kier molecular flexibility index (Phi) is 4.55. The SMILES string of the molecule is O=C(Nc1nc(-c2ccccc2C(F)(F)F)ns1)NC1CC12CCOCC2. The molecule has 1 atom stereocenters. The fourth-order valence-electron chi connectivity index (χ4n) is 3.48.